The second-order valence-electron chi connectivity index (χ2n) is 8.79. The fourth-order valence-corrected chi connectivity index (χ4v) is 8.14. The van der Waals surface area contributed by atoms with Crippen molar-refractivity contribution in [2.75, 3.05) is 15.8 Å². The molecule has 2 heterocycles. The van der Waals surface area contributed by atoms with E-state index in [2.05, 4.69) is 13.0 Å². The summed E-state index contributed by atoms with van der Waals surface area (Å²) in [5, 5.41) is 9.90. The molecule has 0 saturated carbocycles. The highest BCUT2D eigenvalue weighted by Crippen LogP contribution is 2.38. The average molecular weight is 494 g/mol. The molecule has 1 fully saturated rings. The zero-order valence-corrected chi connectivity index (χ0v) is 20.7. The number of aryl methyl sites for hydroxylation is 2. The molecule has 33 heavy (non-hydrogen) atoms. The van der Waals surface area contributed by atoms with Gasteiger partial charge >= 0.3 is 0 Å². The van der Waals surface area contributed by atoms with Crippen LogP contribution in [0.2, 0.25) is 0 Å². The number of hydrogen-bond donors (Lipinski definition) is 1. The van der Waals surface area contributed by atoms with Crippen LogP contribution in [0.1, 0.15) is 49.8 Å². The Kier molecular flexibility index (Phi) is 6.75. The van der Waals surface area contributed by atoms with Crippen LogP contribution in [0.4, 0.5) is 5.69 Å². The molecule has 2 atom stereocenters. The zero-order valence-electron chi connectivity index (χ0n) is 19.0. The molecule has 1 unspecified atom stereocenters. The number of nitrogens with zero attached hydrogens (tertiary/aromatic N) is 1. The lowest BCUT2D eigenvalue weighted by atomic mass is 9.94. The van der Waals surface area contributed by atoms with Gasteiger partial charge in [-0.1, -0.05) is 26.0 Å². The summed E-state index contributed by atoms with van der Waals surface area (Å²) in [6.07, 6.45) is 3.07. The van der Waals surface area contributed by atoms with E-state index in [4.69, 9.17) is 4.74 Å². The van der Waals surface area contributed by atoms with Crippen molar-refractivity contribution in [2.45, 2.75) is 69.6 Å². The molecule has 9 heteroatoms. The maximum atomic E-state index is 13.8. The summed E-state index contributed by atoms with van der Waals surface area (Å²) in [5.41, 5.74) is 3.26. The smallest absolute Gasteiger partial charge is 0.264 e. The predicted octanol–water partition coefficient (Wildman–Crippen LogP) is 3.23. The first-order chi connectivity index (χ1) is 15.7. The van der Waals surface area contributed by atoms with Crippen LogP contribution < -0.4 is 9.04 Å². The number of ether oxygens (including phenoxy) is 1. The Morgan fingerprint density at radius 1 is 1.12 bits per heavy atom. The van der Waals surface area contributed by atoms with E-state index >= 15 is 0 Å². The van der Waals surface area contributed by atoms with Gasteiger partial charge in [-0.3, -0.25) is 4.31 Å². The van der Waals surface area contributed by atoms with Gasteiger partial charge < -0.3 is 9.84 Å². The third-order valence-corrected chi connectivity index (χ3v) is 10.2. The van der Waals surface area contributed by atoms with Gasteiger partial charge in [-0.25, -0.2) is 16.8 Å². The molecule has 0 amide bonds. The summed E-state index contributed by atoms with van der Waals surface area (Å²) in [5.74, 6) is 0.322. The van der Waals surface area contributed by atoms with E-state index in [1.807, 2.05) is 19.1 Å². The van der Waals surface area contributed by atoms with Crippen molar-refractivity contribution in [3.05, 3.63) is 53.1 Å². The molecule has 0 spiro atoms. The maximum Gasteiger partial charge on any atom is 0.264 e. The lowest BCUT2D eigenvalue weighted by Crippen LogP contribution is -2.43. The topological polar surface area (TPSA) is 101 Å². The van der Waals surface area contributed by atoms with E-state index in [9.17, 15) is 21.9 Å². The lowest BCUT2D eigenvalue weighted by molar-refractivity contribution is 0.215. The largest absolute Gasteiger partial charge is 0.489 e. The van der Waals surface area contributed by atoms with Crippen LogP contribution >= 0.6 is 0 Å². The number of sulfone groups is 1. The molecular weight excluding hydrogens is 462 g/mol. The van der Waals surface area contributed by atoms with E-state index < -0.39 is 32.6 Å². The Morgan fingerprint density at radius 2 is 1.91 bits per heavy atom. The Hall–Kier alpha value is -2.10. The lowest BCUT2D eigenvalue weighted by Gasteiger charge is -2.37. The molecule has 2 aliphatic heterocycles. The number of fused-ring (bicyclic) bond motifs is 1. The van der Waals surface area contributed by atoms with Crippen molar-refractivity contribution in [3.8, 4) is 5.75 Å². The van der Waals surface area contributed by atoms with Crippen LogP contribution in [0.5, 0.6) is 5.75 Å². The number of anilines is 1. The average Bonchev–Trinajstić information content (AvgIpc) is 3.15. The molecule has 0 radical (unpaired) electrons. The third kappa shape index (κ3) is 4.76. The van der Waals surface area contributed by atoms with Gasteiger partial charge in [0.1, 0.15) is 11.9 Å². The van der Waals surface area contributed by atoms with Gasteiger partial charge in [0, 0.05) is 11.6 Å². The van der Waals surface area contributed by atoms with Gasteiger partial charge in [-0.05, 0) is 67.5 Å². The second-order valence-corrected chi connectivity index (χ2v) is 12.8. The van der Waals surface area contributed by atoms with Gasteiger partial charge in [0.05, 0.1) is 28.7 Å². The van der Waals surface area contributed by atoms with E-state index in [1.54, 1.807) is 0 Å². The number of hydrogen-bond acceptors (Lipinski definition) is 6. The highest BCUT2D eigenvalue weighted by Gasteiger charge is 2.36. The fourth-order valence-electron chi connectivity index (χ4n) is 4.71. The number of rotatable bonds is 7. The monoisotopic (exact) mass is 493 g/mol. The minimum atomic E-state index is -3.88. The summed E-state index contributed by atoms with van der Waals surface area (Å²) in [4.78, 5) is 0.0869. The molecule has 0 aliphatic carbocycles. The van der Waals surface area contributed by atoms with Gasteiger partial charge in [-0.2, -0.15) is 0 Å². The van der Waals surface area contributed by atoms with Crippen LogP contribution in [0.25, 0.3) is 0 Å². The second kappa shape index (κ2) is 9.27. The first-order valence-electron chi connectivity index (χ1n) is 11.5. The molecular formula is C24H31NO6S2. The van der Waals surface area contributed by atoms with E-state index in [0.717, 1.165) is 24.8 Å². The summed E-state index contributed by atoms with van der Waals surface area (Å²) in [6, 6.07) is 10.3. The van der Waals surface area contributed by atoms with Crippen LogP contribution in [0, 0.1) is 0 Å². The fraction of sp³-hybridized carbons (Fsp3) is 0.500. The number of benzene rings is 2. The number of aliphatic hydroxyl groups is 1. The van der Waals surface area contributed by atoms with Crippen molar-refractivity contribution < 1.29 is 26.7 Å². The molecule has 7 nitrogen and oxygen atoms in total. The zero-order chi connectivity index (χ0) is 23.8. The minimum absolute atomic E-state index is 0.0690. The van der Waals surface area contributed by atoms with Crippen molar-refractivity contribution in [3.63, 3.8) is 0 Å². The SMILES string of the molecule is CCc1ccc2c(c1)CC[C@@H](CC)N2S(=O)(=O)c1ccc(OC2CCS(=O)(=O)C2)c(CO)c1. The van der Waals surface area contributed by atoms with Gasteiger partial charge in [0.15, 0.2) is 9.84 Å². The summed E-state index contributed by atoms with van der Waals surface area (Å²) in [7, 11) is -6.99. The van der Waals surface area contributed by atoms with Crippen LogP contribution in [-0.4, -0.2) is 45.6 Å². The molecule has 1 N–H and O–H groups in total. The molecule has 2 aromatic carbocycles. The number of sulfonamides is 1. The first-order valence-corrected chi connectivity index (χ1v) is 14.7. The van der Waals surface area contributed by atoms with E-state index in [1.165, 1.54) is 28.1 Å². The maximum absolute atomic E-state index is 13.8. The normalized spacial score (nSPS) is 22.2. The van der Waals surface area contributed by atoms with Crippen molar-refractivity contribution in [2.24, 2.45) is 0 Å². The van der Waals surface area contributed by atoms with Gasteiger partial charge in [0.2, 0.25) is 0 Å². The van der Waals surface area contributed by atoms with Crippen LogP contribution in [-0.2, 0) is 39.3 Å². The molecule has 1 saturated heterocycles. The van der Waals surface area contributed by atoms with Crippen molar-refractivity contribution in [1.29, 1.82) is 0 Å². The Bertz CT molecular complexity index is 1240. The Balaban J connectivity index is 1.69. The predicted molar refractivity (Wildman–Crippen MR) is 128 cm³/mol. The third-order valence-electron chi connectivity index (χ3n) is 6.58. The van der Waals surface area contributed by atoms with Crippen LogP contribution in [0.15, 0.2) is 41.3 Å². The molecule has 0 aromatic heterocycles. The Morgan fingerprint density at radius 3 is 2.55 bits per heavy atom. The summed E-state index contributed by atoms with van der Waals surface area (Å²) in [6.45, 7) is 3.66. The van der Waals surface area contributed by atoms with Crippen LogP contribution in [0.3, 0.4) is 0 Å². The quantitative estimate of drug-likeness (QED) is 0.636. The van der Waals surface area contributed by atoms with Crippen molar-refractivity contribution in [1.82, 2.24) is 0 Å². The highest BCUT2D eigenvalue weighted by molar-refractivity contribution is 7.93. The minimum Gasteiger partial charge on any atom is -0.489 e. The summed E-state index contributed by atoms with van der Waals surface area (Å²) >= 11 is 0. The van der Waals surface area contributed by atoms with E-state index in [-0.39, 0.29) is 22.4 Å². The molecule has 2 aliphatic rings. The molecule has 4 rings (SSSR count). The van der Waals surface area contributed by atoms with E-state index in [0.29, 0.717) is 29.8 Å². The molecule has 180 valence electrons. The van der Waals surface area contributed by atoms with Gasteiger partial charge in [-0.15, -0.1) is 0 Å². The Labute approximate surface area is 196 Å². The summed E-state index contributed by atoms with van der Waals surface area (Å²) < 4.78 is 58.4. The van der Waals surface area contributed by atoms with Crippen molar-refractivity contribution >= 4 is 25.5 Å². The molecule has 2 aromatic rings. The number of aliphatic hydroxyl groups excluding tert-OH is 1. The first kappa shape index (κ1) is 24.0. The molecule has 0 bridgehead atoms. The standard InChI is InChI=1S/C24H31NO6S2/c1-3-17-5-9-23-18(13-17)6-7-20(4-2)25(23)33(29,30)22-8-10-24(19(14-22)15-26)31-21-11-12-32(27,28)16-21/h5,8-10,13-14,20-21,26H,3-4,6-7,11-12,15-16H2,1-2H3/t20-,21?/m1/s1. The van der Waals surface area contributed by atoms with Gasteiger partial charge in [0.25, 0.3) is 10.0 Å². The highest BCUT2D eigenvalue weighted by atomic mass is 32.2.